The zero-order valence-electron chi connectivity index (χ0n) is 14.7. The van der Waals surface area contributed by atoms with Gasteiger partial charge in [0.05, 0.1) is 18.9 Å². The van der Waals surface area contributed by atoms with E-state index in [1.54, 1.807) is 0 Å². The van der Waals surface area contributed by atoms with Gasteiger partial charge in [-0.05, 0) is 39.6 Å². The second-order valence-electron chi connectivity index (χ2n) is 6.27. The average Bonchev–Trinajstić information content (AvgIpc) is 3.24. The first-order chi connectivity index (χ1) is 11.6. The van der Waals surface area contributed by atoms with Gasteiger partial charge in [0, 0.05) is 29.9 Å². The molecule has 0 amide bonds. The van der Waals surface area contributed by atoms with Crippen LogP contribution in [0.4, 0.5) is 0 Å². The molecule has 24 heavy (non-hydrogen) atoms. The monoisotopic (exact) mass is 324 g/mol. The van der Waals surface area contributed by atoms with Gasteiger partial charge in [-0.15, -0.1) is 5.10 Å². The molecular weight excluding hydrogens is 300 g/mol. The molecule has 0 N–H and O–H groups in total. The van der Waals surface area contributed by atoms with Crippen LogP contribution in [0.3, 0.4) is 0 Å². The topological polar surface area (TPSA) is 51.8 Å². The standard InChI is InChI=1S/C18H24N6/c1-5-23-11-15(10-19-23)12-24-13-18(20-21-24)17-8-6-7-16(9-17)14(2)22(3)4/h6-11,13-14H,5,12H2,1-4H3/t14-/m1/s1. The van der Waals surface area contributed by atoms with Crippen LogP contribution in [0.2, 0.25) is 0 Å². The van der Waals surface area contributed by atoms with Crippen LogP contribution in [0.1, 0.15) is 31.0 Å². The van der Waals surface area contributed by atoms with Gasteiger partial charge in [0.2, 0.25) is 0 Å². The number of hydrogen-bond donors (Lipinski definition) is 0. The Morgan fingerprint density at radius 2 is 2.00 bits per heavy atom. The van der Waals surface area contributed by atoms with Crippen LogP contribution >= 0.6 is 0 Å². The van der Waals surface area contributed by atoms with Crippen molar-refractivity contribution in [1.29, 1.82) is 0 Å². The van der Waals surface area contributed by atoms with E-state index in [9.17, 15) is 0 Å². The summed E-state index contributed by atoms with van der Waals surface area (Å²) in [6, 6.07) is 8.86. The van der Waals surface area contributed by atoms with Gasteiger partial charge in [-0.2, -0.15) is 5.10 Å². The molecule has 0 unspecified atom stereocenters. The lowest BCUT2D eigenvalue weighted by Gasteiger charge is -2.20. The van der Waals surface area contributed by atoms with E-state index in [0.717, 1.165) is 23.4 Å². The Balaban J connectivity index is 1.79. The summed E-state index contributed by atoms with van der Waals surface area (Å²) in [4.78, 5) is 2.20. The van der Waals surface area contributed by atoms with Crippen molar-refractivity contribution < 1.29 is 0 Å². The van der Waals surface area contributed by atoms with Crippen molar-refractivity contribution in [2.75, 3.05) is 14.1 Å². The Labute approximate surface area is 142 Å². The number of aromatic nitrogens is 5. The Morgan fingerprint density at radius 1 is 1.17 bits per heavy atom. The van der Waals surface area contributed by atoms with E-state index in [4.69, 9.17) is 0 Å². The van der Waals surface area contributed by atoms with Gasteiger partial charge in [0.25, 0.3) is 0 Å². The van der Waals surface area contributed by atoms with E-state index in [1.165, 1.54) is 5.56 Å². The molecule has 2 aromatic heterocycles. The number of benzene rings is 1. The molecule has 2 heterocycles. The van der Waals surface area contributed by atoms with Crippen molar-refractivity contribution in [2.45, 2.75) is 33.0 Å². The molecule has 3 aromatic rings. The predicted molar refractivity (Wildman–Crippen MR) is 94.6 cm³/mol. The molecule has 1 atom stereocenters. The summed E-state index contributed by atoms with van der Waals surface area (Å²) in [5, 5.41) is 12.9. The van der Waals surface area contributed by atoms with Crippen molar-refractivity contribution in [2.24, 2.45) is 0 Å². The smallest absolute Gasteiger partial charge is 0.113 e. The van der Waals surface area contributed by atoms with Gasteiger partial charge < -0.3 is 4.90 Å². The zero-order valence-corrected chi connectivity index (χ0v) is 14.7. The molecule has 126 valence electrons. The minimum Gasteiger partial charge on any atom is -0.303 e. The molecule has 0 spiro atoms. The van der Waals surface area contributed by atoms with Crippen molar-refractivity contribution in [3.05, 3.63) is 54.0 Å². The summed E-state index contributed by atoms with van der Waals surface area (Å²) in [6.07, 6.45) is 5.91. The normalized spacial score (nSPS) is 12.7. The maximum atomic E-state index is 4.33. The molecule has 0 aliphatic carbocycles. The van der Waals surface area contributed by atoms with Crippen LogP contribution in [-0.4, -0.2) is 43.8 Å². The van der Waals surface area contributed by atoms with Crippen LogP contribution in [0.25, 0.3) is 11.3 Å². The second-order valence-corrected chi connectivity index (χ2v) is 6.27. The molecule has 0 aliphatic heterocycles. The van der Waals surface area contributed by atoms with E-state index in [-0.39, 0.29) is 0 Å². The predicted octanol–water partition coefficient (Wildman–Crippen LogP) is 2.83. The lowest BCUT2D eigenvalue weighted by atomic mass is 10.0. The van der Waals surface area contributed by atoms with Crippen molar-refractivity contribution >= 4 is 0 Å². The van der Waals surface area contributed by atoms with E-state index in [2.05, 4.69) is 72.5 Å². The number of rotatable bonds is 6. The maximum Gasteiger partial charge on any atom is 0.113 e. The highest BCUT2D eigenvalue weighted by molar-refractivity contribution is 5.58. The number of aryl methyl sites for hydroxylation is 1. The molecule has 0 saturated heterocycles. The van der Waals surface area contributed by atoms with Crippen LogP contribution in [0.5, 0.6) is 0 Å². The van der Waals surface area contributed by atoms with Gasteiger partial charge >= 0.3 is 0 Å². The Bertz CT molecular complexity index is 801. The largest absolute Gasteiger partial charge is 0.303 e. The quantitative estimate of drug-likeness (QED) is 0.699. The Hall–Kier alpha value is -2.47. The SMILES string of the molecule is CCn1cc(Cn2cc(-c3cccc([C@@H](C)N(C)C)c3)nn2)cn1. The van der Waals surface area contributed by atoms with Crippen LogP contribution in [-0.2, 0) is 13.1 Å². The van der Waals surface area contributed by atoms with Crippen molar-refractivity contribution in [3.63, 3.8) is 0 Å². The van der Waals surface area contributed by atoms with Crippen LogP contribution in [0.15, 0.2) is 42.9 Å². The van der Waals surface area contributed by atoms with Gasteiger partial charge in [-0.3, -0.25) is 4.68 Å². The second kappa shape index (κ2) is 6.97. The highest BCUT2D eigenvalue weighted by Gasteiger charge is 2.11. The molecule has 1 aromatic carbocycles. The highest BCUT2D eigenvalue weighted by atomic mass is 15.4. The van der Waals surface area contributed by atoms with Crippen molar-refractivity contribution in [1.82, 2.24) is 29.7 Å². The molecule has 0 fully saturated rings. The van der Waals surface area contributed by atoms with Gasteiger partial charge in [-0.1, -0.05) is 23.4 Å². The van der Waals surface area contributed by atoms with E-state index in [1.807, 2.05) is 28.0 Å². The fourth-order valence-electron chi connectivity index (χ4n) is 2.61. The lowest BCUT2D eigenvalue weighted by molar-refractivity contribution is 0.321. The summed E-state index contributed by atoms with van der Waals surface area (Å²) in [5.41, 5.74) is 4.39. The first kappa shape index (κ1) is 16.4. The van der Waals surface area contributed by atoms with Crippen LogP contribution in [0, 0.1) is 0 Å². The molecule has 6 heteroatoms. The van der Waals surface area contributed by atoms with Crippen LogP contribution < -0.4 is 0 Å². The molecule has 0 bridgehead atoms. The molecule has 6 nitrogen and oxygen atoms in total. The molecule has 0 saturated carbocycles. The minimum atomic E-state index is 0.361. The molecule has 0 radical (unpaired) electrons. The van der Waals surface area contributed by atoms with Gasteiger partial charge in [0.1, 0.15) is 5.69 Å². The van der Waals surface area contributed by atoms with E-state index >= 15 is 0 Å². The Kier molecular flexibility index (Phi) is 4.76. The molecule has 3 rings (SSSR count). The van der Waals surface area contributed by atoms with Gasteiger partial charge in [0.15, 0.2) is 0 Å². The average molecular weight is 324 g/mol. The summed E-state index contributed by atoms with van der Waals surface area (Å²) < 4.78 is 3.77. The third kappa shape index (κ3) is 3.54. The summed E-state index contributed by atoms with van der Waals surface area (Å²) in [5.74, 6) is 0. The fourth-order valence-corrected chi connectivity index (χ4v) is 2.61. The number of hydrogen-bond acceptors (Lipinski definition) is 4. The third-order valence-electron chi connectivity index (χ3n) is 4.33. The highest BCUT2D eigenvalue weighted by Crippen LogP contribution is 2.23. The molecule has 0 aliphatic rings. The fraction of sp³-hybridized carbons (Fsp3) is 0.389. The zero-order chi connectivity index (χ0) is 17.1. The minimum absolute atomic E-state index is 0.361. The van der Waals surface area contributed by atoms with Gasteiger partial charge in [-0.25, -0.2) is 4.68 Å². The maximum absolute atomic E-state index is 4.33. The first-order valence-corrected chi connectivity index (χ1v) is 8.25. The lowest BCUT2D eigenvalue weighted by Crippen LogP contribution is -2.16. The summed E-state index contributed by atoms with van der Waals surface area (Å²) in [6.45, 7) is 5.83. The molecular formula is C18H24N6. The van der Waals surface area contributed by atoms with E-state index in [0.29, 0.717) is 12.6 Å². The van der Waals surface area contributed by atoms with E-state index < -0.39 is 0 Å². The Morgan fingerprint density at radius 3 is 2.71 bits per heavy atom. The first-order valence-electron chi connectivity index (χ1n) is 8.25. The number of nitrogens with zero attached hydrogens (tertiary/aromatic N) is 6. The summed E-state index contributed by atoms with van der Waals surface area (Å²) in [7, 11) is 4.17. The third-order valence-corrected chi connectivity index (χ3v) is 4.33. The summed E-state index contributed by atoms with van der Waals surface area (Å²) >= 11 is 0. The van der Waals surface area contributed by atoms with Crippen molar-refractivity contribution in [3.8, 4) is 11.3 Å².